The molecule has 3 rings (SSSR count). The second-order valence-corrected chi connectivity index (χ2v) is 6.68. The normalized spacial score (nSPS) is 29.4. The van der Waals surface area contributed by atoms with Crippen molar-refractivity contribution in [1.29, 1.82) is 0 Å². The van der Waals surface area contributed by atoms with E-state index in [0.717, 1.165) is 35.6 Å². The average Bonchev–Trinajstić information content (AvgIpc) is 2.98. The fourth-order valence-corrected chi connectivity index (χ4v) is 3.78. The number of aryl methyl sites for hydroxylation is 1. The van der Waals surface area contributed by atoms with Crippen LogP contribution in [0.1, 0.15) is 62.7 Å². The summed E-state index contributed by atoms with van der Waals surface area (Å²) in [4.78, 5) is 9.56. The maximum atomic E-state index is 4.83. The van der Waals surface area contributed by atoms with Gasteiger partial charge in [-0.3, -0.25) is 0 Å². The summed E-state index contributed by atoms with van der Waals surface area (Å²) in [5, 5.41) is 3.45. The third-order valence-electron chi connectivity index (χ3n) is 4.69. The number of aromatic nitrogens is 2. The van der Waals surface area contributed by atoms with Crippen LogP contribution in [-0.2, 0) is 6.54 Å². The van der Waals surface area contributed by atoms with Crippen molar-refractivity contribution in [3.05, 3.63) is 23.3 Å². The van der Waals surface area contributed by atoms with Gasteiger partial charge in [0.25, 0.3) is 0 Å². The van der Waals surface area contributed by atoms with Gasteiger partial charge in [0, 0.05) is 24.2 Å². The summed E-state index contributed by atoms with van der Waals surface area (Å²) in [5.74, 6) is 3.57. The van der Waals surface area contributed by atoms with Gasteiger partial charge in [-0.2, -0.15) is 0 Å². The second-order valence-electron chi connectivity index (χ2n) is 6.68. The van der Waals surface area contributed by atoms with E-state index in [1.165, 1.54) is 25.7 Å². The zero-order chi connectivity index (χ0) is 13.4. The van der Waals surface area contributed by atoms with E-state index in [1.54, 1.807) is 0 Å². The fourth-order valence-electron chi connectivity index (χ4n) is 3.78. The minimum absolute atomic E-state index is 0.501. The summed E-state index contributed by atoms with van der Waals surface area (Å²) in [6, 6.07) is 2.62. The summed E-state index contributed by atoms with van der Waals surface area (Å²) in [6.07, 6.45) is 5.58. The Hall–Kier alpha value is -0.960. The van der Waals surface area contributed by atoms with Crippen molar-refractivity contribution in [3.8, 4) is 0 Å². The molecule has 2 aliphatic carbocycles. The molecule has 3 atom stereocenters. The van der Waals surface area contributed by atoms with E-state index in [0.29, 0.717) is 12.0 Å². The molecule has 2 aliphatic rings. The summed E-state index contributed by atoms with van der Waals surface area (Å²) >= 11 is 0. The number of hydrogen-bond donors (Lipinski definition) is 1. The lowest BCUT2D eigenvalue weighted by Crippen LogP contribution is -2.23. The van der Waals surface area contributed by atoms with Gasteiger partial charge in [0.2, 0.25) is 0 Å². The minimum Gasteiger partial charge on any atom is -0.309 e. The lowest BCUT2D eigenvalue weighted by Gasteiger charge is -2.21. The van der Waals surface area contributed by atoms with Gasteiger partial charge < -0.3 is 5.32 Å². The topological polar surface area (TPSA) is 37.8 Å². The highest BCUT2D eigenvalue weighted by Crippen LogP contribution is 2.52. The van der Waals surface area contributed by atoms with Crippen LogP contribution in [0.4, 0.5) is 0 Å². The highest BCUT2D eigenvalue weighted by Gasteiger charge is 2.41. The smallest absolute Gasteiger partial charge is 0.132 e. The number of nitrogens with one attached hydrogen (secondary N) is 1. The van der Waals surface area contributed by atoms with Gasteiger partial charge in [-0.25, -0.2) is 9.97 Å². The lowest BCUT2D eigenvalue weighted by molar-refractivity contribution is 0.403. The Morgan fingerprint density at radius 2 is 2.11 bits per heavy atom. The zero-order valence-corrected chi connectivity index (χ0v) is 12.3. The van der Waals surface area contributed by atoms with Crippen molar-refractivity contribution < 1.29 is 0 Å². The van der Waals surface area contributed by atoms with E-state index >= 15 is 0 Å². The van der Waals surface area contributed by atoms with Gasteiger partial charge >= 0.3 is 0 Å². The van der Waals surface area contributed by atoms with Gasteiger partial charge in [0.1, 0.15) is 5.82 Å². The Bertz CT molecular complexity index is 455. The predicted molar refractivity (Wildman–Crippen MR) is 76.9 cm³/mol. The van der Waals surface area contributed by atoms with Crippen molar-refractivity contribution in [1.82, 2.24) is 15.3 Å². The first kappa shape index (κ1) is 13.0. The molecule has 0 aliphatic heterocycles. The quantitative estimate of drug-likeness (QED) is 0.902. The molecule has 3 nitrogen and oxygen atoms in total. The van der Waals surface area contributed by atoms with E-state index in [1.807, 2.05) is 0 Å². The van der Waals surface area contributed by atoms with E-state index in [-0.39, 0.29) is 0 Å². The third-order valence-corrected chi connectivity index (χ3v) is 4.69. The largest absolute Gasteiger partial charge is 0.309 e. The molecular formula is C16H25N3. The van der Waals surface area contributed by atoms with Crippen LogP contribution in [0.15, 0.2) is 6.07 Å². The zero-order valence-electron chi connectivity index (χ0n) is 12.3. The molecule has 2 fully saturated rings. The van der Waals surface area contributed by atoms with Gasteiger partial charge in [0.05, 0.1) is 5.69 Å². The standard InChI is InChI=1S/C16H25N3/c1-10(2)17-9-14-6-11(3)18-16(19-14)15-8-12-4-5-13(15)7-12/h6,10,12-13,15,17H,4-5,7-9H2,1-3H3. The molecular weight excluding hydrogens is 234 g/mol. The number of nitrogens with zero attached hydrogens (tertiary/aromatic N) is 2. The van der Waals surface area contributed by atoms with Gasteiger partial charge in [-0.05, 0) is 44.1 Å². The van der Waals surface area contributed by atoms with Crippen LogP contribution < -0.4 is 5.32 Å². The Balaban J connectivity index is 1.77. The summed E-state index contributed by atoms with van der Waals surface area (Å²) in [5.41, 5.74) is 2.27. The predicted octanol–water partition coefficient (Wildman–Crippen LogP) is 3.19. The van der Waals surface area contributed by atoms with Crippen molar-refractivity contribution >= 4 is 0 Å². The van der Waals surface area contributed by atoms with Crippen LogP contribution >= 0.6 is 0 Å². The summed E-state index contributed by atoms with van der Waals surface area (Å²) in [7, 11) is 0. The Morgan fingerprint density at radius 1 is 1.26 bits per heavy atom. The lowest BCUT2D eigenvalue weighted by atomic mass is 9.88. The first-order valence-electron chi connectivity index (χ1n) is 7.69. The van der Waals surface area contributed by atoms with E-state index in [4.69, 9.17) is 9.97 Å². The molecule has 3 heteroatoms. The van der Waals surface area contributed by atoms with Gasteiger partial charge in [-0.1, -0.05) is 20.3 Å². The molecule has 1 N–H and O–H groups in total. The van der Waals surface area contributed by atoms with Crippen LogP contribution in [0.5, 0.6) is 0 Å². The van der Waals surface area contributed by atoms with Crippen molar-refractivity contribution in [3.63, 3.8) is 0 Å². The van der Waals surface area contributed by atoms with Crippen LogP contribution in [0.25, 0.3) is 0 Å². The molecule has 104 valence electrons. The molecule has 3 unspecified atom stereocenters. The SMILES string of the molecule is Cc1cc(CNC(C)C)nc(C2CC3CCC2C3)n1. The summed E-state index contributed by atoms with van der Waals surface area (Å²) < 4.78 is 0. The molecule has 2 bridgehead atoms. The van der Waals surface area contributed by atoms with Gasteiger partial charge in [0.15, 0.2) is 0 Å². The molecule has 0 amide bonds. The maximum absolute atomic E-state index is 4.83. The van der Waals surface area contributed by atoms with Crippen LogP contribution in [0.2, 0.25) is 0 Å². The Kier molecular flexibility index (Phi) is 3.57. The van der Waals surface area contributed by atoms with Crippen molar-refractivity contribution in [2.45, 2.75) is 65.0 Å². The van der Waals surface area contributed by atoms with Gasteiger partial charge in [-0.15, -0.1) is 0 Å². The molecule has 0 saturated heterocycles. The second kappa shape index (κ2) is 5.20. The Morgan fingerprint density at radius 3 is 2.74 bits per heavy atom. The summed E-state index contributed by atoms with van der Waals surface area (Å²) in [6.45, 7) is 7.29. The first-order valence-corrected chi connectivity index (χ1v) is 7.69. The molecule has 1 aromatic rings. The molecule has 0 radical (unpaired) electrons. The molecule has 1 aromatic heterocycles. The van der Waals surface area contributed by atoms with Crippen LogP contribution in [0.3, 0.4) is 0 Å². The van der Waals surface area contributed by atoms with E-state index < -0.39 is 0 Å². The van der Waals surface area contributed by atoms with E-state index in [2.05, 4.69) is 32.2 Å². The third kappa shape index (κ3) is 2.81. The number of hydrogen-bond acceptors (Lipinski definition) is 3. The molecule has 0 aromatic carbocycles. The van der Waals surface area contributed by atoms with E-state index in [9.17, 15) is 0 Å². The van der Waals surface area contributed by atoms with Crippen LogP contribution in [-0.4, -0.2) is 16.0 Å². The first-order chi connectivity index (χ1) is 9.11. The molecule has 19 heavy (non-hydrogen) atoms. The average molecular weight is 259 g/mol. The molecule has 1 heterocycles. The van der Waals surface area contributed by atoms with Crippen LogP contribution in [0, 0.1) is 18.8 Å². The van der Waals surface area contributed by atoms with Crippen molar-refractivity contribution in [2.24, 2.45) is 11.8 Å². The monoisotopic (exact) mass is 259 g/mol. The highest BCUT2D eigenvalue weighted by atomic mass is 15.0. The molecule has 0 spiro atoms. The molecule has 2 saturated carbocycles. The minimum atomic E-state index is 0.501. The van der Waals surface area contributed by atoms with Crippen molar-refractivity contribution in [2.75, 3.05) is 0 Å². The number of fused-ring (bicyclic) bond motifs is 2. The Labute approximate surface area is 116 Å². The maximum Gasteiger partial charge on any atom is 0.132 e. The fraction of sp³-hybridized carbons (Fsp3) is 0.750. The number of rotatable bonds is 4. The highest BCUT2D eigenvalue weighted by molar-refractivity contribution is 5.15.